The van der Waals surface area contributed by atoms with Crippen molar-refractivity contribution in [2.45, 2.75) is 26.2 Å². The van der Waals surface area contributed by atoms with Crippen molar-refractivity contribution in [1.82, 2.24) is 0 Å². The number of carbonyl (C=O) groups is 1. The molecule has 2 N–H and O–H groups in total. The molecule has 0 aromatic heterocycles. The Labute approximate surface area is 113 Å². The van der Waals surface area contributed by atoms with Gasteiger partial charge in [0.15, 0.2) is 0 Å². The maximum Gasteiger partial charge on any atom is 0.311 e. The first-order valence-electron chi connectivity index (χ1n) is 5.85. The van der Waals surface area contributed by atoms with Crippen molar-refractivity contribution >= 4 is 23.2 Å². The zero-order valence-electron chi connectivity index (χ0n) is 10.4. The van der Waals surface area contributed by atoms with E-state index in [9.17, 15) is 4.79 Å². The molecular formula is C14H17NO2S. The van der Waals surface area contributed by atoms with Gasteiger partial charge in [0.1, 0.15) is 10.7 Å². The fourth-order valence-electron chi connectivity index (χ4n) is 1.40. The average Bonchev–Trinajstić information content (AvgIpc) is 2.35. The molecule has 1 rings (SSSR count). The van der Waals surface area contributed by atoms with Crippen LogP contribution in [-0.2, 0) is 4.79 Å². The second kappa shape index (κ2) is 7.61. The summed E-state index contributed by atoms with van der Waals surface area (Å²) in [6.45, 7) is 1.96. The number of nitrogens with two attached hydrogens (primary N) is 1. The lowest BCUT2D eigenvalue weighted by Crippen LogP contribution is -2.10. The van der Waals surface area contributed by atoms with Gasteiger partial charge in [-0.3, -0.25) is 4.79 Å². The summed E-state index contributed by atoms with van der Waals surface area (Å²) in [5.74, 6) is 0.300. The maximum absolute atomic E-state index is 11.5. The summed E-state index contributed by atoms with van der Waals surface area (Å²) in [6.07, 6.45) is 6.12. The lowest BCUT2D eigenvalue weighted by Gasteiger charge is -2.04. The minimum Gasteiger partial charge on any atom is -0.427 e. The van der Waals surface area contributed by atoms with Crippen LogP contribution < -0.4 is 10.5 Å². The Morgan fingerprint density at radius 1 is 1.39 bits per heavy atom. The van der Waals surface area contributed by atoms with Crippen LogP contribution in [0.4, 0.5) is 0 Å². The fourth-order valence-corrected chi connectivity index (χ4v) is 1.54. The highest BCUT2D eigenvalue weighted by Crippen LogP contribution is 2.13. The minimum absolute atomic E-state index is 0.220. The van der Waals surface area contributed by atoms with E-state index in [1.165, 1.54) is 0 Å². The van der Waals surface area contributed by atoms with E-state index in [1.54, 1.807) is 24.3 Å². The second-order valence-electron chi connectivity index (χ2n) is 3.82. The Morgan fingerprint density at radius 2 is 2.06 bits per heavy atom. The van der Waals surface area contributed by atoms with Gasteiger partial charge in [-0.05, 0) is 44.0 Å². The highest BCUT2D eigenvalue weighted by Gasteiger charge is 2.04. The summed E-state index contributed by atoms with van der Waals surface area (Å²) in [5, 5.41) is 0. The smallest absolute Gasteiger partial charge is 0.311 e. The van der Waals surface area contributed by atoms with Gasteiger partial charge < -0.3 is 10.5 Å². The molecule has 96 valence electrons. The second-order valence-corrected chi connectivity index (χ2v) is 4.26. The lowest BCUT2D eigenvalue weighted by molar-refractivity contribution is -0.134. The van der Waals surface area contributed by atoms with Crippen molar-refractivity contribution in [2.75, 3.05) is 0 Å². The number of hydrogen-bond acceptors (Lipinski definition) is 3. The quantitative estimate of drug-likeness (QED) is 0.282. The minimum atomic E-state index is -0.220. The van der Waals surface area contributed by atoms with Crippen molar-refractivity contribution < 1.29 is 9.53 Å². The Bertz CT molecular complexity index is 438. The van der Waals surface area contributed by atoms with Crippen molar-refractivity contribution in [3.05, 3.63) is 42.0 Å². The highest BCUT2D eigenvalue weighted by molar-refractivity contribution is 7.80. The number of carbonyl (C=O) groups excluding carboxylic acids is 1. The third-order valence-corrected chi connectivity index (χ3v) is 2.59. The largest absolute Gasteiger partial charge is 0.427 e. The number of unbranched alkanes of at least 4 members (excludes halogenated alkanes) is 1. The van der Waals surface area contributed by atoms with Gasteiger partial charge >= 0.3 is 5.97 Å². The van der Waals surface area contributed by atoms with E-state index in [0.29, 0.717) is 17.2 Å². The van der Waals surface area contributed by atoms with Crippen LogP contribution in [0.5, 0.6) is 5.75 Å². The van der Waals surface area contributed by atoms with Gasteiger partial charge in [0.25, 0.3) is 0 Å². The van der Waals surface area contributed by atoms with E-state index in [2.05, 4.69) is 0 Å². The van der Waals surface area contributed by atoms with Crippen LogP contribution in [0.1, 0.15) is 31.7 Å². The Balaban J connectivity index is 2.42. The molecule has 18 heavy (non-hydrogen) atoms. The summed E-state index contributed by atoms with van der Waals surface area (Å²) in [5.41, 5.74) is 6.24. The molecule has 4 heteroatoms. The van der Waals surface area contributed by atoms with E-state index in [-0.39, 0.29) is 5.97 Å². The summed E-state index contributed by atoms with van der Waals surface area (Å²) < 4.78 is 5.18. The molecule has 0 radical (unpaired) electrons. The molecule has 0 aliphatic heterocycles. The van der Waals surface area contributed by atoms with Crippen molar-refractivity contribution in [2.24, 2.45) is 5.73 Å². The number of benzene rings is 1. The van der Waals surface area contributed by atoms with E-state index in [4.69, 9.17) is 22.7 Å². The topological polar surface area (TPSA) is 52.3 Å². The zero-order valence-corrected chi connectivity index (χ0v) is 11.2. The fraction of sp³-hybridized carbons (Fsp3) is 0.286. The van der Waals surface area contributed by atoms with Gasteiger partial charge in [0.2, 0.25) is 0 Å². The predicted molar refractivity (Wildman–Crippen MR) is 76.6 cm³/mol. The molecule has 0 spiro atoms. The molecule has 0 unspecified atom stereocenters. The van der Waals surface area contributed by atoms with Gasteiger partial charge in [-0.1, -0.05) is 24.4 Å². The van der Waals surface area contributed by atoms with E-state index in [0.717, 1.165) is 18.4 Å². The first kappa shape index (κ1) is 14.4. The molecule has 0 fully saturated rings. The number of hydrogen-bond donors (Lipinski definition) is 1. The normalized spacial score (nSPS) is 10.5. The van der Waals surface area contributed by atoms with Crippen LogP contribution in [0.2, 0.25) is 0 Å². The SMILES string of the molecule is C/C=C\CCCC(=O)Oc1ccc(C(N)=S)cc1. The standard InChI is InChI=1S/C14H17NO2S/c1-2-3-4-5-6-13(16)17-12-9-7-11(8-10-12)14(15)18/h2-3,7-10H,4-6H2,1H3,(H2,15,18)/b3-2-. The summed E-state index contributed by atoms with van der Waals surface area (Å²) >= 11 is 4.84. The predicted octanol–water partition coefficient (Wildman–Crippen LogP) is 2.97. The van der Waals surface area contributed by atoms with Crippen molar-refractivity contribution in [3.8, 4) is 5.75 Å². The van der Waals surface area contributed by atoms with Gasteiger partial charge in [-0.2, -0.15) is 0 Å². The molecule has 0 amide bonds. The molecule has 1 aromatic rings. The van der Waals surface area contributed by atoms with Gasteiger partial charge in [-0.15, -0.1) is 0 Å². The third-order valence-electron chi connectivity index (χ3n) is 2.36. The average molecular weight is 263 g/mol. The number of thiocarbonyl (C=S) groups is 1. The molecule has 0 saturated heterocycles. The van der Waals surface area contributed by atoms with Crippen molar-refractivity contribution in [3.63, 3.8) is 0 Å². The first-order valence-corrected chi connectivity index (χ1v) is 6.26. The molecule has 1 aromatic carbocycles. The monoisotopic (exact) mass is 263 g/mol. The van der Waals surface area contributed by atoms with Gasteiger partial charge in [-0.25, -0.2) is 0 Å². The molecule has 0 saturated carbocycles. The molecule has 0 bridgehead atoms. The number of allylic oxidation sites excluding steroid dienone is 2. The van der Waals surface area contributed by atoms with Crippen LogP contribution in [0.3, 0.4) is 0 Å². The van der Waals surface area contributed by atoms with Crippen LogP contribution in [-0.4, -0.2) is 11.0 Å². The number of rotatable bonds is 6. The Kier molecular flexibility index (Phi) is 6.08. The number of esters is 1. The molecular weight excluding hydrogens is 246 g/mol. The van der Waals surface area contributed by atoms with E-state index in [1.807, 2.05) is 19.1 Å². The molecule has 3 nitrogen and oxygen atoms in total. The van der Waals surface area contributed by atoms with Gasteiger partial charge in [0, 0.05) is 12.0 Å². The van der Waals surface area contributed by atoms with E-state index >= 15 is 0 Å². The maximum atomic E-state index is 11.5. The number of ether oxygens (including phenoxy) is 1. The molecule has 0 aliphatic rings. The van der Waals surface area contributed by atoms with Crippen LogP contribution >= 0.6 is 12.2 Å². The van der Waals surface area contributed by atoms with Crippen LogP contribution in [0, 0.1) is 0 Å². The summed E-state index contributed by atoms with van der Waals surface area (Å²) in [6, 6.07) is 6.87. The van der Waals surface area contributed by atoms with E-state index < -0.39 is 0 Å². The first-order chi connectivity index (χ1) is 8.63. The third kappa shape index (κ3) is 5.10. The highest BCUT2D eigenvalue weighted by atomic mass is 32.1. The van der Waals surface area contributed by atoms with Crippen LogP contribution in [0.15, 0.2) is 36.4 Å². The Hall–Kier alpha value is -1.68. The summed E-state index contributed by atoms with van der Waals surface area (Å²) in [4.78, 5) is 11.8. The lowest BCUT2D eigenvalue weighted by atomic mass is 10.2. The Morgan fingerprint density at radius 3 is 2.61 bits per heavy atom. The van der Waals surface area contributed by atoms with Crippen molar-refractivity contribution in [1.29, 1.82) is 0 Å². The summed E-state index contributed by atoms with van der Waals surface area (Å²) in [7, 11) is 0. The van der Waals surface area contributed by atoms with Crippen LogP contribution in [0.25, 0.3) is 0 Å². The molecule has 0 aliphatic carbocycles. The van der Waals surface area contributed by atoms with Gasteiger partial charge in [0.05, 0.1) is 0 Å². The molecule has 0 atom stereocenters. The zero-order chi connectivity index (χ0) is 13.4. The molecule has 0 heterocycles.